The molecular weight excluding hydrogens is 391 g/mol. The van der Waals surface area contributed by atoms with Gasteiger partial charge in [0.1, 0.15) is 0 Å². The Hall–Kier alpha value is -3.21. The molecular formula is C30H25P. The maximum Gasteiger partial charge on any atom is -0.00696 e. The van der Waals surface area contributed by atoms with E-state index in [0.29, 0.717) is 0 Å². The van der Waals surface area contributed by atoms with Gasteiger partial charge in [0.25, 0.3) is 0 Å². The summed E-state index contributed by atoms with van der Waals surface area (Å²) in [5.41, 5.74) is 5.34. The van der Waals surface area contributed by atoms with Crippen LogP contribution in [0.4, 0.5) is 0 Å². The van der Waals surface area contributed by atoms with Crippen molar-refractivity contribution in [2.24, 2.45) is 0 Å². The second-order valence-electron chi connectivity index (χ2n) is 7.99. The van der Waals surface area contributed by atoms with E-state index in [1.54, 1.807) is 0 Å². The summed E-state index contributed by atoms with van der Waals surface area (Å²) in [4.78, 5) is 0. The van der Waals surface area contributed by atoms with Crippen molar-refractivity contribution in [1.29, 1.82) is 0 Å². The zero-order valence-electron chi connectivity index (χ0n) is 17.9. The fraction of sp³-hybridized carbons (Fsp3) is 0.0667. The molecule has 0 atom stereocenters. The highest BCUT2D eigenvalue weighted by Crippen LogP contribution is 2.39. The fourth-order valence-electron chi connectivity index (χ4n) is 4.24. The summed E-state index contributed by atoms with van der Waals surface area (Å²) in [6.07, 6.45) is 0. The SMILES string of the molecule is Cc1cc(-c2cccc3ccccc23)c(P(c2ccccc2)c2ccccc2)cc1C. The van der Waals surface area contributed by atoms with Gasteiger partial charge in [-0.05, 0) is 70.7 Å². The van der Waals surface area contributed by atoms with E-state index >= 15 is 0 Å². The van der Waals surface area contributed by atoms with E-state index in [9.17, 15) is 0 Å². The van der Waals surface area contributed by atoms with Crippen molar-refractivity contribution in [3.05, 3.63) is 126 Å². The van der Waals surface area contributed by atoms with E-state index in [1.165, 1.54) is 48.9 Å². The topological polar surface area (TPSA) is 0 Å². The minimum absolute atomic E-state index is 0.674. The van der Waals surface area contributed by atoms with E-state index in [4.69, 9.17) is 0 Å². The molecule has 0 aliphatic carbocycles. The monoisotopic (exact) mass is 416 g/mol. The van der Waals surface area contributed by atoms with Crippen LogP contribution in [0.25, 0.3) is 21.9 Å². The maximum atomic E-state index is 2.43. The van der Waals surface area contributed by atoms with E-state index in [2.05, 4.69) is 129 Å². The third kappa shape index (κ3) is 3.80. The van der Waals surface area contributed by atoms with Crippen LogP contribution in [0.3, 0.4) is 0 Å². The lowest BCUT2D eigenvalue weighted by atomic mass is 9.95. The van der Waals surface area contributed by atoms with Gasteiger partial charge in [-0.25, -0.2) is 0 Å². The van der Waals surface area contributed by atoms with Crippen molar-refractivity contribution in [3.8, 4) is 11.1 Å². The van der Waals surface area contributed by atoms with Crippen molar-refractivity contribution in [2.75, 3.05) is 0 Å². The molecule has 0 unspecified atom stereocenters. The molecule has 0 saturated carbocycles. The van der Waals surface area contributed by atoms with Gasteiger partial charge < -0.3 is 0 Å². The first-order chi connectivity index (χ1) is 15.2. The first-order valence-corrected chi connectivity index (χ1v) is 12.1. The average molecular weight is 417 g/mol. The van der Waals surface area contributed by atoms with Crippen LogP contribution in [0, 0.1) is 13.8 Å². The number of rotatable bonds is 4. The highest BCUT2D eigenvalue weighted by Gasteiger charge is 2.22. The highest BCUT2D eigenvalue weighted by molar-refractivity contribution is 7.80. The third-order valence-corrected chi connectivity index (χ3v) is 8.44. The van der Waals surface area contributed by atoms with Crippen LogP contribution < -0.4 is 15.9 Å². The summed E-state index contributed by atoms with van der Waals surface area (Å²) < 4.78 is 0. The van der Waals surface area contributed by atoms with Gasteiger partial charge in [-0.15, -0.1) is 0 Å². The molecule has 0 bridgehead atoms. The van der Waals surface area contributed by atoms with Crippen molar-refractivity contribution in [3.63, 3.8) is 0 Å². The van der Waals surface area contributed by atoms with Crippen LogP contribution >= 0.6 is 7.92 Å². The predicted octanol–water partition coefficient (Wildman–Crippen LogP) is 6.88. The molecule has 5 rings (SSSR count). The Morgan fingerprint density at radius 3 is 1.71 bits per heavy atom. The Balaban J connectivity index is 1.83. The van der Waals surface area contributed by atoms with Crippen LogP contribution in [0.15, 0.2) is 115 Å². The van der Waals surface area contributed by atoms with Gasteiger partial charge in [-0.1, -0.05) is 115 Å². The van der Waals surface area contributed by atoms with Crippen molar-refractivity contribution < 1.29 is 0 Å². The number of benzene rings is 5. The molecule has 0 aliphatic rings. The molecule has 0 N–H and O–H groups in total. The average Bonchev–Trinajstić information content (AvgIpc) is 2.82. The van der Waals surface area contributed by atoms with Crippen LogP contribution in [-0.4, -0.2) is 0 Å². The Labute approximate surface area is 186 Å². The van der Waals surface area contributed by atoms with Crippen molar-refractivity contribution in [2.45, 2.75) is 13.8 Å². The molecule has 0 radical (unpaired) electrons. The van der Waals surface area contributed by atoms with Gasteiger partial charge >= 0.3 is 0 Å². The lowest BCUT2D eigenvalue weighted by molar-refractivity contribution is 1.35. The Morgan fingerprint density at radius 1 is 0.484 bits per heavy atom. The summed E-state index contributed by atoms with van der Waals surface area (Å²) in [6.45, 7) is 4.45. The zero-order chi connectivity index (χ0) is 21.2. The quantitative estimate of drug-likeness (QED) is 0.280. The zero-order valence-corrected chi connectivity index (χ0v) is 18.8. The van der Waals surface area contributed by atoms with Crippen LogP contribution in [0.5, 0.6) is 0 Å². The van der Waals surface area contributed by atoms with E-state index in [-0.39, 0.29) is 0 Å². The second kappa shape index (κ2) is 8.50. The van der Waals surface area contributed by atoms with Gasteiger partial charge in [0, 0.05) is 0 Å². The molecule has 0 saturated heterocycles. The number of hydrogen-bond donors (Lipinski definition) is 0. The van der Waals surface area contributed by atoms with Gasteiger partial charge in [0.05, 0.1) is 0 Å². The first kappa shape index (κ1) is 19.7. The molecule has 0 nitrogen and oxygen atoms in total. The lowest BCUT2D eigenvalue weighted by Crippen LogP contribution is -2.22. The van der Waals surface area contributed by atoms with E-state index in [1.807, 2.05) is 0 Å². The Bertz CT molecular complexity index is 1290. The molecule has 31 heavy (non-hydrogen) atoms. The molecule has 0 aromatic heterocycles. The third-order valence-electron chi connectivity index (χ3n) is 5.96. The van der Waals surface area contributed by atoms with E-state index in [0.717, 1.165) is 0 Å². The van der Waals surface area contributed by atoms with Crippen molar-refractivity contribution >= 4 is 34.6 Å². The molecule has 0 heterocycles. The summed E-state index contributed by atoms with van der Waals surface area (Å²) >= 11 is 0. The predicted molar refractivity (Wildman–Crippen MR) is 138 cm³/mol. The van der Waals surface area contributed by atoms with Gasteiger partial charge in [-0.2, -0.15) is 0 Å². The van der Waals surface area contributed by atoms with Crippen molar-refractivity contribution in [1.82, 2.24) is 0 Å². The summed E-state index contributed by atoms with van der Waals surface area (Å²) in [6, 6.07) is 42.2. The van der Waals surface area contributed by atoms with Crippen LogP contribution in [-0.2, 0) is 0 Å². The normalized spacial score (nSPS) is 11.2. The van der Waals surface area contributed by atoms with Crippen LogP contribution in [0.2, 0.25) is 0 Å². The molecule has 0 aliphatic heterocycles. The minimum Gasteiger partial charge on any atom is -0.0622 e. The van der Waals surface area contributed by atoms with Crippen LogP contribution in [0.1, 0.15) is 11.1 Å². The molecule has 0 spiro atoms. The summed E-state index contributed by atoms with van der Waals surface area (Å²) in [5, 5.41) is 6.78. The minimum atomic E-state index is -0.674. The molecule has 5 aromatic rings. The van der Waals surface area contributed by atoms with Gasteiger partial charge in [0.15, 0.2) is 0 Å². The molecule has 5 aromatic carbocycles. The summed E-state index contributed by atoms with van der Waals surface area (Å²) in [7, 11) is -0.674. The first-order valence-electron chi connectivity index (χ1n) is 10.7. The fourth-order valence-corrected chi connectivity index (χ4v) is 6.79. The second-order valence-corrected chi connectivity index (χ2v) is 10.2. The highest BCUT2D eigenvalue weighted by atomic mass is 31.1. The molecule has 0 fully saturated rings. The Morgan fingerprint density at radius 2 is 1.03 bits per heavy atom. The number of fused-ring (bicyclic) bond motifs is 1. The lowest BCUT2D eigenvalue weighted by Gasteiger charge is -2.24. The standard InChI is InChI=1S/C30H25P/c1-22-20-29(28-19-11-13-24-12-9-10-18-27(24)28)30(21-23(22)2)31(25-14-5-3-6-15-25)26-16-7-4-8-17-26/h3-21H,1-2H3. The smallest absolute Gasteiger partial charge is 0.00696 e. The molecule has 150 valence electrons. The Kier molecular flexibility index (Phi) is 5.41. The maximum absolute atomic E-state index is 2.43. The number of hydrogen-bond acceptors (Lipinski definition) is 0. The largest absolute Gasteiger partial charge is 0.0622 e. The van der Waals surface area contributed by atoms with E-state index < -0.39 is 7.92 Å². The van der Waals surface area contributed by atoms with Gasteiger partial charge in [-0.3, -0.25) is 0 Å². The summed E-state index contributed by atoms with van der Waals surface area (Å²) in [5.74, 6) is 0. The number of aryl methyl sites for hydroxylation is 2. The molecule has 1 heteroatoms. The molecule has 0 amide bonds. The van der Waals surface area contributed by atoms with Gasteiger partial charge in [0.2, 0.25) is 0 Å².